The SMILES string of the molecule is CCC1CCCCN1C(=O)CC(=O)Nc1ccccc1F. The van der Waals surface area contributed by atoms with Crippen LogP contribution in [0.1, 0.15) is 39.0 Å². The number of benzene rings is 1. The molecule has 1 aliphatic rings. The molecule has 0 radical (unpaired) electrons. The standard InChI is InChI=1S/C16H21FN2O2/c1-2-12-7-5-6-10-19(12)16(21)11-15(20)18-14-9-4-3-8-13(14)17/h3-4,8-9,12H,2,5-7,10-11H2,1H3,(H,18,20). The Morgan fingerprint density at radius 2 is 2.10 bits per heavy atom. The van der Waals surface area contributed by atoms with Crippen molar-refractivity contribution in [3.63, 3.8) is 0 Å². The molecule has 2 rings (SSSR count). The molecule has 2 amide bonds. The van der Waals surface area contributed by atoms with Crippen molar-refractivity contribution in [3.05, 3.63) is 30.1 Å². The predicted molar refractivity (Wildman–Crippen MR) is 79.3 cm³/mol. The van der Waals surface area contributed by atoms with E-state index in [1.165, 1.54) is 12.1 Å². The minimum absolute atomic E-state index is 0.112. The molecule has 1 N–H and O–H groups in total. The molecule has 1 fully saturated rings. The van der Waals surface area contributed by atoms with Crippen molar-refractivity contribution in [2.45, 2.75) is 45.1 Å². The number of likely N-dealkylation sites (tertiary alicyclic amines) is 1. The van der Waals surface area contributed by atoms with Crippen molar-refractivity contribution in [2.24, 2.45) is 0 Å². The molecule has 4 nitrogen and oxygen atoms in total. The second-order valence-corrected chi connectivity index (χ2v) is 5.35. The van der Waals surface area contributed by atoms with E-state index in [4.69, 9.17) is 0 Å². The van der Waals surface area contributed by atoms with Crippen LogP contribution in [-0.2, 0) is 9.59 Å². The summed E-state index contributed by atoms with van der Waals surface area (Å²) in [6.45, 7) is 2.76. The molecule has 5 heteroatoms. The summed E-state index contributed by atoms with van der Waals surface area (Å²) in [5.74, 6) is -1.14. The summed E-state index contributed by atoms with van der Waals surface area (Å²) in [4.78, 5) is 25.9. The molecule has 1 aliphatic heterocycles. The summed E-state index contributed by atoms with van der Waals surface area (Å²) in [5.41, 5.74) is 0.112. The zero-order valence-electron chi connectivity index (χ0n) is 12.3. The Bertz CT molecular complexity index is 519. The fourth-order valence-electron chi connectivity index (χ4n) is 2.75. The molecule has 114 valence electrons. The van der Waals surface area contributed by atoms with Gasteiger partial charge in [0.2, 0.25) is 11.8 Å². The maximum atomic E-state index is 13.4. The van der Waals surface area contributed by atoms with E-state index in [-0.39, 0.29) is 24.1 Å². The first kappa shape index (κ1) is 15.5. The van der Waals surface area contributed by atoms with Crippen molar-refractivity contribution < 1.29 is 14.0 Å². The van der Waals surface area contributed by atoms with Crippen molar-refractivity contribution >= 4 is 17.5 Å². The number of hydrogen-bond acceptors (Lipinski definition) is 2. The van der Waals surface area contributed by atoms with E-state index in [1.54, 1.807) is 17.0 Å². The number of hydrogen-bond donors (Lipinski definition) is 1. The van der Waals surface area contributed by atoms with Crippen LogP contribution in [0.5, 0.6) is 0 Å². The summed E-state index contributed by atoms with van der Waals surface area (Å²) in [5, 5.41) is 2.45. The normalized spacial score (nSPS) is 18.4. The highest BCUT2D eigenvalue weighted by molar-refractivity contribution is 6.03. The van der Waals surface area contributed by atoms with Crippen LogP contribution in [0.25, 0.3) is 0 Å². The number of amides is 2. The smallest absolute Gasteiger partial charge is 0.233 e. The van der Waals surface area contributed by atoms with Crippen LogP contribution in [0.4, 0.5) is 10.1 Å². The number of piperidine rings is 1. The lowest BCUT2D eigenvalue weighted by molar-refractivity contribution is -0.137. The van der Waals surface area contributed by atoms with Crippen molar-refractivity contribution in [2.75, 3.05) is 11.9 Å². The highest BCUT2D eigenvalue weighted by atomic mass is 19.1. The van der Waals surface area contributed by atoms with Crippen LogP contribution in [0, 0.1) is 5.82 Å². The first-order chi connectivity index (χ1) is 10.1. The highest BCUT2D eigenvalue weighted by Crippen LogP contribution is 2.20. The Morgan fingerprint density at radius 3 is 2.81 bits per heavy atom. The summed E-state index contributed by atoms with van der Waals surface area (Å²) in [6, 6.07) is 6.17. The lowest BCUT2D eigenvalue weighted by atomic mass is 9.99. The zero-order chi connectivity index (χ0) is 15.2. The minimum Gasteiger partial charge on any atom is -0.339 e. The van der Waals surface area contributed by atoms with Crippen LogP contribution in [0.2, 0.25) is 0 Å². The molecule has 1 aromatic rings. The van der Waals surface area contributed by atoms with Crippen molar-refractivity contribution in [1.29, 1.82) is 0 Å². The van der Waals surface area contributed by atoms with Crippen molar-refractivity contribution in [3.8, 4) is 0 Å². The topological polar surface area (TPSA) is 49.4 Å². The number of para-hydroxylation sites is 1. The number of halogens is 1. The third-order valence-electron chi connectivity index (χ3n) is 3.88. The first-order valence-corrected chi connectivity index (χ1v) is 7.45. The molecule has 0 spiro atoms. The Labute approximate surface area is 124 Å². The van der Waals surface area contributed by atoms with Gasteiger partial charge in [0.05, 0.1) is 5.69 Å². The van der Waals surface area contributed by atoms with Gasteiger partial charge in [0.1, 0.15) is 12.2 Å². The largest absolute Gasteiger partial charge is 0.339 e. The van der Waals surface area contributed by atoms with E-state index >= 15 is 0 Å². The number of nitrogens with one attached hydrogen (secondary N) is 1. The molecule has 21 heavy (non-hydrogen) atoms. The van der Waals surface area contributed by atoms with E-state index in [0.717, 1.165) is 25.7 Å². The van der Waals surface area contributed by atoms with Crippen LogP contribution in [0.3, 0.4) is 0 Å². The van der Waals surface area contributed by atoms with Gasteiger partial charge in [-0.15, -0.1) is 0 Å². The molecule has 0 aliphatic carbocycles. The lowest BCUT2D eigenvalue weighted by Crippen LogP contribution is -2.44. The molecule has 1 unspecified atom stereocenters. The second-order valence-electron chi connectivity index (χ2n) is 5.35. The number of anilines is 1. The second kappa shape index (κ2) is 7.20. The molecule has 0 aromatic heterocycles. The third-order valence-corrected chi connectivity index (χ3v) is 3.88. The molecule has 1 saturated heterocycles. The number of nitrogens with zero attached hydrogens (tertiary/aromatic N) is 1. The molecule has 1 heterocycles. The summed E-state index contributed by atoms with van der Waals surface area (Å²) < 4.78 is 13.4. The van der Waals surface area contributed by atoms with Gasteiger partial charge >= 0.3 is 0 Å². The van der Waals surface area contributed by atoms with E-state index in [9.17, 15) is 14.0 Å². The van der Waals surface area contributed by atoms with Crippen LogP contribution >= 0.6 is 0 Å². The fraction of sp³-hybridized carbons (Fsp3) is 0.500. The Kier molecular flexibility index (Phi) is 5.31. The monoisotopic (exact) mass is 292 g/mol. The third kappa shape index (κ3) is 4.03. The van der Waals surface area contributed by atoms with Crippen LogP contribution < -0.4 is 5.32 Å². The molecule has 1 atom stereocenters. The average Bonchev–Trinajstić information content (AvgIpc) is 2.49. The van der Waals surface area contributed by atoms with Gasteiger partial charge in [-0.25, -0.2) is 4.39 Å². The van der Waals surface area contributed by atoms with E-state index < -0.39 is 11.7 Å². The summed E-state index contributed by atoms with van der Waals surface area (Å²) in [7, 11) is 0. The first-order valence-electron chi connectivity index (χ1n) is 7.45. The highest BCUT2D eigenvalue weighted by Gasteiger charge is 2.26. The zero-order valence-corrected chi connectivity index (χ0v) is 12.3. The molecule has 1 aromatic carbocycles. The minimum atomic E-state index is -0.497. The number of carbonyl (C=O) groups is 2. The summed E-state index contributed by atoms with van der Waals surface area (Å²) >= 11 is 0. The van der Waals surface area contributed by atoms with E-state index in [2.05, 4.69) is 12.2 Å². The summed E-state index contributed by atoms with van der Waals surface area (Å²) in [6.07, 6.45) is 3.78. The Morgan fingerprint density at radius 1 is 1.33 bits per heavy atom. The van der Waals surface area contributed by atoms with E-state index in [1.807, 2.05) is 0 Å². The van der Waals surface area contributed by atoms with Gasteiger partial charge in [-0.3, -0.25) is 9.59 Å². The number of carbonyl (C=O) groups excluding carboxylic acids is 2. The average molecular weight is 292 g/mol. The van der Waals surface area contributed by atoms with Crippen LogP contribution in [0.15, 0.2) is 24.3 Å². The predicted octanol–water partition coefficient (Wildman–Crippen LogP) is 2.95. The van der Waals surface area contributed by atoms with Gasteiger partial charge in [-0.05, 0) is 37.8 Å². The fourth-order valence-corrected chi connectivity index (χ4v) is 2.75. The maximum Gasteiger partial charge on any atom is 0.233 e. The Balaban J connectivity index is 1.93. The van der Waals surface area contributed by atoms with Gasteiger partial charge in [-0.2, -0.15) is 0 Å². The van der Waals surface area contributed by atoms with Crippen LogP contribution in [-0.4, -0.2) is 29.3 Å². The van der Waals surface area contributed by atoms with Gasteiger partial charge in [0, 0.05) is 12.6 Å². The molecular formula is C16H21FN2O2. The molecular weight excluding hydrogens is 271 g/mol. The number of rotatable bonds is 4. The maximum absolute atomic E-state index is 13.4. The quantitative estimate of drug-likeness (QED) is 0.867. The van der Waals surface area contributed by atoms with Gasteiger partial charge in [0.15, 0.2) is 0 Å². The lowest BCUT2D eigenvalue weighted by Gasteiger charge is -2.35. The van der Waals surface area contributed by atoms with Gasteiger partial charge in [0.25, 0.3) is 0 Å². The Hall–Kier alpha value is -1.91. The molecule has 0 bridgehead atoms. The van der Waals surface area contributed by atoms with Gasteiger partial charge in [-0.1, -0.05) is 19.1 Å². The van der Waals surface area contributed by atoms with E-state index in [0.29, 0.717) is 6.54 Å². The van der Waals surface area contributed by atoms with Gasteiger partial charge < -0.3 is 10.2 Å². The molecule has 0 saturated carbocycles. The van der Waals surface area contributed by atoms with Crippen molar-refractivity contribution in [1.82, 2.24) is 4.90 Å².